The fourth-order valence-corrected chi connectivity index (χ4v) is 2.39. The molecule has 2 aromatic carbocycles. The largest absolute Gasteiger partial charge is 0.484 e. The van der Waals surface area contributed by atoms with Crippen molar-refractivity contribution in [3.05, 3.63) is 59.1 Å². The summed E-state index contributed by atoms with van der Waals surface area (Å²) in [6.45, 7) is -0.108. The van der Waals surface area contributed by atoms with Crippen LogP contribution in [0.1, 0.15) is 0 Å². The summed E-state index contributed by atoms with van der Waals surface area (Å²) >= 11 is 3.45. The minimum atomic E-state index is -0.327. The minimum Gasteiger partial charge on any atom is -0.484 e. The molecule has 1 amide bonds. The summed E-state index contributed by atoms with van der Waals surface area (Å²) in [5.74, 6) is 1.08. The smallest absolute Gasteiger partial charge is 0.264 e. The molecule has 0 aliphatic carbocycles. The minimum absolute atomic E-state index is 0.108. The van der Waals surface area contributed by atoms with Gasteiger partial charge < -0.3 is 4.74 Å². The number of nitrogens with one attached hydrogen (secondary N) is 2. The van der Waals surface area contributed by atoms with E-state index >= 15 is 0 Å². The third-order valence-electron chi connectivity index (χ3n) is 2.98. The van der Waals surface area contributed by atoms with Gasteiger partial charge in [-0.15, -0.1) is 5.10 Å². The summed E-state index contributed by atoms with van der Waals surface area (Å²) in [5.41, 5.74) is 0.862. The Morgan fingerprint density at radius 2 is 1.87 bits per heavy atom. The first-order valence-corrected chi connectivity index (χ1v) is 7.66. The summed E-state index contributed by atoms with van der Waals surface area (Å²) in [6.07, 6.45) is 0. The van der Waals surface area contributed by atoms with Crippen LogP contribution >= 0.6 is 15.9 Å². The molecule has 0 spiro atoms. The van der Waals surface area contributed by atoms with Crippen LogP contribution < -0.4 is 10.1 Å². The van der Waals surface area contributed by atoms with Crippen molar-refractivity contribution < 1.29 is 9.53 Å². The third-order valence-corrected chi connectivity index (χ3v) is 3.67. The van der Waals surface area contributed by atoms with Gasteiger partial charge in [0, 0.05) is 10.0 Å². The van der Waals surface area contributed by atoms with Crippen molar-refractivity contribution in [1.29, 1.82) is 0 Å². The summed E-state index contributed by atoms with van der Waals surface area (Å²) < 4.78 is 6.26. The number of halogens is 1. The van der Waals surface area contributed by atoms with Gasteiger partial charge in [0.15, 0.2) is 12.4 Å². The lowest BCUT2D eigenvalue weighted by Crippen LogP contribution is -2.20. The quantitative estimate of drug-likeness (QED) is 0.720. The van der Waals surface area contributed by atoms with Gasteiger partial charge in [-0.05, 0) is 18.2 Å². The molecule has 0 saturated carbocycles. The third kappa shape index (κ3) is 3.95. The topological polar surface area (TPSA) is 79.9 Å². The monoisotopic (exact) mass is 372 g/mol. The molecule has 116 valence electrons. The molecule has 0 bridgehead atoms. The fraction of sp³-hybridized carbons (Fsp3) is 0.0625. The molecule has 1 heterocycles. The summed E-state index contributed by atoms with van der Waals surface area (Å²) in [4.78, 5) is 16.1. The van der Waals surface area contributed by atoms with Gasteiger partial charge in [-0.3, -0.25) is 15.2 Å². The highest BCUT2D eigenvalue weighted by molar-refractivity contribution is 9.10. The number of benzene rings is 2. The standard InChI is InChI=1S/C16H13BrN4O2/c17-13-9-5-4-8-12(13)15-19-16(21-20-15)18-14(22)10-23-11-6-2-1-3-7-11/h1-9H,10H2,(H2,18,19,20,21,22). The van der Waals surface area contributed by atoms with Gasteiger partial charge in [0.25, 0.3) is 5.91 Å². The van der Waals surface area contributed by atoms with Crippen molar-refractivity contribution in [2.45, 2.75) is 0 Å². The number of H-pyrrole nitrogens is 1. The van der Waals surface area contributed by atoms with Crippen LogP contribution in [-0.2, 0) is 4.79 Å². The Labute approximate surface area is 141 Å². The highest BCUT2D eigenvalue weighted by Gasteiger charge is 2.11. The predicted molar refractivity (Wildman–Crippen MR) is 90.1 cm³/mol. The zero-order valence-electron chi connectivity index (χ0n) is 12.0. The Balaban J connectivity index is 1.61. The molecule has 0 atom stereocenters. The first-order valence-electron chi connectivity index (χ1n) is 6.87. The van der Waals surface area contributed by atoms with Gasteiger partial charge >= 0.3 is 0 Å². The van der Waals surface area contributed by atoms with Crippen LogP contribution in [0.4, 0.5) is 5.95 Å². The molecule has 6 nitrogen and oxygen atoms in total. The van der Waals surface area contributed by atoms with Crippen molar-refractivity contribution in [2.24, 2.45) is 0 Å². The normalized spacial score (nSPS) is 10.3. The Morgan fingerprint density at radius 1 is 1.13 bits per heavy atom. The van der Waals surface area contributed by atoms with Crippen molar-refractivity contribution in [3.63, 3.8) is 0 Å². The lowest BCUT2D eigenvalue weighted by molar-refractivity contribution is -0.118. The lowest BCUT2D eigenvalue weighted by Gasteiger charge is -2.04. The number of ether oxygens (including phenoxy) is 1. The number of nitrogens with zero attached hydrogens (tertiary/aromatic N) is 2. The molecule has 3 aromatic rings. The van der Waals surface area contributed by atoms with Crippen molar-refractivity contribution in [1.82, 2.24) is 15.2 Å². The number of anilines is 1. The average Bonchev–Trinajstić information content (AvgIpc) is 3.02. The van der Waals surface area contributed by atoms with E-state index in [4.69, 9.17) is 4.74 Å². The highest BCUT2D eigenvalue weighted by Crippen LogP contribution is 2.25. The Bertz CT molecular complexity index is 805. The molecule has 7 heteroatoms. The Hall–Kier alpha value is -2.67. The number of amides is 1. The Morgan fingerprint density at radius 3 is 2.65 bits per heavy atom. The number of hydrogen-bond donors (Lipinski definition) is 2. The molecule has 0 aliphatic heterocycles. The zero-order chi connectivity index (χ0) is 16.1. The Kier molecular flexibility index (Phi) is 4.68. The number of para-hydroxylation sites is 1. The number of rotatable bonds is 5. The molecule has 0 saturated heterocycles. The first kappa shape index (κ1) is 15.2. The summed E-state index contributed by atoms with van der Waals surface area (Å²) in [7, 11) is 0. The van der Waals surface area contributed by atoms with Crippen LogP contribution in [0.5, 0.6) is 5.75 Å². The molecular weight excluding hydrogens is 360 g/mol. The zero-order valence-corrected chi connectivity index (χ0v) is 13.6. The SMILES string of the molecule is O=C(COc1ccccc1)Nc1n[nH]c(-c2ccccc2Br)n1. The molecule has 1 aromatic heterocycles. The van der Waals surface area contributed by atoms with E-state index in [-0.39, 0.29) is 18.5 Å². The first-order chi connectivity index (χ1) is 11.2. The van der Waals surface area contributed by atoms with Crippen molar-refractivity contribution in [2.75, 3.05) is 11.9 Å². The lowest BCUT2D eigenvalue weighted by atomic mass is 10.2. The van der Waals surface area contributed by atoms with Crippen LogP contribution in [0.3, 0.4) is 0 Å². The molecule has 23 heavy (non-hydrogen) atoms. The van der Waals surface area contributed by atoms with Crippen LogP contribution in [0.25, 0.3) is 11.4 Å². The van der Waals surface area contributed by atoms with E-state index in [9.17, 15) is 4.79 Å². The van der Waals surface area contributed by atoms with E-state index in [2.05, 4.69) is 36.4 Å². The molecule has 0 unspecified atom stereocenters. The van der Waals surface area contributed by atoms with Gasteiger partial charge in [-0.25, -0.2) is 0 Å². The van der Waals surface area contributed by atoms with E-state index in [0.29, 0.717) is 11.6 Å². The fourth-order valence-electron chi connectivity index (χ4n) is 1.92. The number of aromatic nitrogens is 3. The van der Waals surface area contributed by atoms with E-state index in [0.717, 1.165) is 10.0 Å². The molecule has 0 radical (unpaired) electrons. The van der Waals surface area contributed by atoms with Gasteiger partial charge in [0.05, 0.1) is 0 Å². The van der Waals surface area contributed by atoms with Crippen molar-refractivity contribution in [3.8, 4) is 17.1 Å². The number of hydrogen-bond acceptors (Lipinski definition) is 4. The van der Waals surface area contributed by atoms with Gasteiger partial charge in [0.1, 0.15) is 5.75 Å². The van der Waals surface area contributed by atoms with Gasteiger partial charge in [0.2, 0.25) is 5.95 Å². The summed E-state index contributed by atoms with van der Waals surface area (Å²) in [5, 5.41) is 9.37. The van der Waals surface area contributed by atoms with Crippen molar-refractivity contribution >= 4 is 27.8 Å². The second kappa shape index (κ2) is 7.06. The number of carbonyl (C=O) groups excluding carboxylic acids is 1. The molecule has 3 rings (SSSR count). The molecule has 2 N–H and O–H groups in total. The predicted octanol–water partition coefficient (Wildman–Crippen LogP) is 3.25. The van der Waals surface area contributed by atoms with Gasteiger partial charge in [-0.2, -0.15) is 4.98 Å². The highest BCUT2D eigenvalue weighted by atomic mass is 79.9. The van der Waals surface area contributed by atoms with Gasteiger partial charge in [-0.1, -0.05) is 52.3 Å². The molecular formula is C16H13BrN4O2. The van der Waals surface area contributed by atoms with Crippen LogP contribution in [0.2, 0.25) is 0 Å². The number of carbonyl (C=O) groups is 1. The maximum absolute atomic E-state index is 11.9. The molecule has 0 fully saturated rings. The maximum atomic E-state index is 11.9. The van der Waals surface area contributed by atoms with E-state index < -0.39 is 0 Å². The van der Waals surface area contributed by atoms with Crippen LogP contribution in [0, 0.1) is 0 Å². The maximum Gasteiger partial charge on any atom is 0.264 e. The van der Waals surface area contributed by atoms with E-state index in [1.54, 1.807) is 12.1 Å². The molecule has 0 aliphatic rings. The van der Waals surface area contributed by atoms with E-state index in [1.807, 2.05) is 42.5 Å². The second-order valence-electron chi connectivity index (χ2n) is 4.64. The summed E-state index contributed by atoms with van der Waals surface area (Å²) in [6, 6.07) is 16.7. The van der Waals surface area contributed by atoms with Crippen LogP contribution in [0.15, 0.2) is 59.1 Å². The second-order valence-corrected chi connectivity index (χ2v) is 5.49. The van der Waals surface area contributed by atoms with E-state index in [1.165, 1.54) is 0 Å². The number of aromatic amines is 1. The average molecular weight is 373 g/mol. The van der Waals surface area contributed by atoms with Crippen LogP contribution in [-0.4, -0.2) is 27.7 Å².